The minimum absolute atomic E-state index is 0.0472. The average Bonchev–Trinajstić information content (AvgIpc) is 3.17. The molecule has 0 unspecified atom stereocenters. The normalized spacial score (nSPS) is 11.6. The Morgan fingerprint density at radius 2 is 1.87 bits per heavy atom. The Morgan fingerprint density at radius 3 is 2.57 bits per heavy atom. The maximum atomic E-state index is 13.0. The lowest BCUT2D eigenvalue weighted by molar-refractivity contribution is 0.101. The predicted octanol–water partition coefficient (Wildman–Crippen LogP) is 3.81. The second-order valence-corrected chi connectivity index (χ2v) is 9.05. The van der Waals surface area contributed by atoms with Gasteiger partial charge in [0.2, 0.25) is 10.0 Å². The van der Waals surface area contributed by atoms with E-state index in [1.165, 1.54) is 30.3 Å². The van der Waals surface area contributed by atoms with Crippen LogP contribution in [0.15, 0.2) is 59.1 Å². The largest absolute Gasteiger partial charge is 0.355 e. The molecule has 3 rings (SSSR count). The number of aromatic nitrogens is 1. The zero-order valence-corrected chi connectivity index (χ0v) is 17.4. The number of hydrogen-bond donors (Lipinski definition) is 2. The number of anilines is 1. The molecule has 0 saturated heterocycles. The van der Waals surface area contributed by atoms with Gasteiger partial charge in [-0.25, -0.2) is 17.5 Å². The Hall–Kier alpha value is -3.04. The van der Waals surface area contributed by atoms with E-state index in [1.54, 1.807) is 24.3 Å². The van der Waals surface area contributed by atoms with Gasteiger partial charge in [-0.15, -0.1) is 0 Å². The summed E-state index contributed by atoms with van der Waals surface area (Å²) in [6.45, 7) is 4.20. The fourth-order valence-corrected chi connectivity index (χ4v) is 3.94. The maximum Gasteiger partial charge on any atom is 0.277 e. The highest BCUT2D eigenvalue weighted by Gasteiger charge is 2.16. The van der Waals surface area contributed by atoms with Gasteiger partial charge in [0.1, 0.15) is 5.82 Å². The van der Waals surface area contributed by atoms with Crippen LogP contribution in [0, 0.1) is 11.7 Å². The van der Waals surface area contributed by atoms with Gasteiger partial charge in [0.05, 0.1) is 5.75 Å². The molecule has 2 aromatic carbocycles. The molecule has 0 aliphatic heterocycles. The van der Waals surface area contributed by atoms with Crippen LogP contribution in [0.3, 0.4) is 0 Å². The summed E-state index contributed by atoms with van der Waals surface area (Å²) < 4.78 is 45.1. The zero-order valence-electron chi connectivity index (χ0n) is 16.6. The summed E-state index contributed by atoms with van der Waals surface area (Å²) in [6, 6.07) is 13.6. The molecule has 0 aliphatic rings. The second kappa shape index (κ2) is 9.19. The van der Waals surface area contributed by atoms with Gasteiger partial charge in [-0.1, -0.05) is 31.1 Å². The van der Waals surface area contributed by atoms with Crippen LogP contribution in [0.1, 0.15) is 29.9 Å². The van der Waals surface area contributed by atoms with Crippen molar-refractivity contribution >= 4 is 21.6 Å². The zero-order chi connectivity index (χ0) is 21.7. The highest BCUT2D eigenvalue weighted by atomic mass is 32.2. The van der Waals surface area contributed by atoms with E-state index in [9.17, 15) is 17.6 Å². The van der Waals surface area contributed by atoms with Crippen molar-refractivity contribution in [2.45, 2.75) is 19.6 Å². The van der Waals surface area contributed by atoms with Gasteiger partial charge in [-0.2, -0.15) is 0 Å². The Morgan fingerprint density at radius 1 is 1.13 bits per heavy atom. The first-order valence-corrected chi connectivity index (χ1v) is 11.0. The number of carbonyl (C=O) groups is 1. The minimum Gasteiger partial charge on any atom is -0.355 e. The molecule has 0 aliphatic carbocycles. The van der Waals surface area contributed by atoms with Crippen LogP contribution in [0.4, 0.5) is 10.1 Å². The van der Waals surface area contributed by atoms with Crippen LogP contribution >= 0.6 is 0 Å². The Balaban J connectivity index is 1.67. The summed E-state index contributed by atoms with van der Waals surface area (Å²) in [5, 5.41) is 6.42. The van der Waals surface area contributed by atoms with Gasteiger partial charge >= 0.3 is 0 Å². The summed E-state index contributed by atoms with van der Waals surface area (Å²) in [5.41, 5.74) is 1.61. The second-order valence-electron chi connectivity index (χ2n) is 7.24. The summed E-state index contributed by atoms with van der Waals surface area (Å²) in [4.78, 5) is 12.5. The third-order valence-electron chi connectivity index (χ3n) is 4.12. The molecular weight excluding hydrogens is 409 g/mol. The first kappa shape index (κ1) is 21.7. The first-order valence-electron chi connectivity index (χ1n) is 9.32. The third-order valence-corrected chi connectivity index (χ3v) is 5.44. The van der Waals surface area contributed by atoms with Gasteiger partial charge in [-0.05, 0) is 47.9 Å². The summed E-state index contributed by atoms with van der Waals surface area (Å²) in [7, 11) is -3.47. The standard InChI is InChI=1S/C21H22FN3O4S/c1-14(2)12-23-30(27,28)13-15-4-3-5-18(10-15)24-21(26)19-11-20(29-25-19)16-6-8-17(22)9-7-16/h3-11,14,23H,12-13H2,1-2H3,(H,24,26). The van der Waals surface area contributed by atoms with Crippen LogP contribution in [-0.4, -0.2) is 26.0 Å². The molecular formula is C21H22FN3O4S. The smallest absolute Gasteiger partial charge is 0.277 e. The fourth-order valence-electron chi connectivity index (χ4n) is 2.63. The number of hydrogen-bond acceptors (Lipinski definition) is 5. The molecule has 1 aromatic heterocycles. The number of nitrogens with zero attached hydrogens (tertiary/aromatic N) is 1. The molecule has 3 aromatic rings. The van der Waals surface area contributed by atoms with Crippen LogP contribution in [0.25, 0.3) is 11.3 Å². The molecule has 1 amide bonds. The van der Waals surface area contributed by atoms with E-state index >= 15 is 0 Å². The molecule has 0 spiro atoms. The van der Waals surface area contributed by atoms with Crippen molar-refractivity contribution in [1.82, 2.24) is 9.88 Å². The SMILES string of the molecule is CC(C)CNS(=O)(=O)Cc1cccc(NC(=O)c2cc(-c3ccc(F)cc3)on2)c1. The Bertz CT molecular complexity index is 1130. The van der Waals surface area contributed by atoms with Crippen molar-refractivity contribution < 1.29 is 22.1 Å². The van der Waals surface area contributed by atoms with Crippen molar-refractivity contribution in [2.75, 3.05) is 11.9 Å². The average molecular weight is 431 g/mol. The molecule has 0 fully saturated rings. The van der Waals surface area contributed by atoms with E-state index in [4.69, 9.17) is 4.52 Å². The molecule has 0 atom stereocenters. The Kier molecular flexibility index (Phi) is 6.63. The highest BCUT2D eigenvalue weighted by Crippen LogP contribution is 2.21. The number of amides is 1. The van der Waals surface area contributed by atoms with Crippen molar-refractivity contribution in [3.63, 3.8) is 0 Å². The van der Waals surface area contributed by atoms with Crippen molar-refractivity contribution in [2.24, 2.45) is 5.92 Å². The van der Waals surface area contributed by atoms with E-state index < -0.39 is 15.9 Å². The lowest BCUT2D eigenvalue weighted by Crippen LogP contribution is -2.28. The van der Waals surface area contributed by atoms with Crippen molar-refractivity contribution in [3.8, 4) is 11.3 Å². The van der Waals surface area contributed by atoms with Gasteiger partial charge in [0.25, 0.3) is 5.91 Å². The summed E-state index contributed by atoms with van der Waals surface area (Å²) in [5.74, 6) is -0.547. The van der Waals surface area contributed by atoms with E-state index in [0.717, 1.165) is 0 Å². The first-order chi connectivity index (χ1) is 14.2. The molecule has 30 heavy (non-hydrogen) atoms. The molecule has 0 radical (unpaired) electrons. The van der Waals surface area contributed by atoms with E-state index in [0.29, 0.717) is 29.1 Å². The number of benzene rings is 2. The predicted molar refractivity (Wildman–Crippen MR) is 112 cm³/mol. The molecule has 0 saturated carbocycles. The van der Waals surface area contributed by atoms with Crippen LogP contribution in [-0.2, 0) is 15.8 Å². The number of nitrogens with one attached hydrogen (secondary N) is 2. The number of rotatable bonds is 8. The van der Waals surface area contributed by atoms with Gasteiger partial charge in [0.15, 0.2) is 11.5 Å². The molecule has 2 N–H and O–H groups in total. The third kappa shape index (κ3) is 5.98. The monoisotopic (exact) mass is 431 g/mol. The lowest BCUT2D eigenvalue weighted by Gasteiger charge is -2.10. The van der Waals surface area contributed by atoms with E-state index in [2.05, 4.69) is 15.2 Å². The minimum atomic E-state index is -3.47. The summed E-state index contributed by atoms with van der Waals surface area (Å²) in [6.07, 6.45) is 0. The van der Waals surface area contributed by atoms with Gasteiger partial charge < -0.3 is 9.84 Å². The molecule has 1 heterocycles. The van der Waals surface area contributed by atoms with Crippen molar-refractivity contribution in [1.29, 1.82) is 0 Å². The van der Waals surface area contributed by atoms with Crippen molar-refractivity contribution in [3.05, 3.63) is 71.7 Å². The summed E-state index contributed by atoms with van der Waals surface area (Å²) >= 11 is 0. The molecule has 7 nitrogen and oxygen atoms in total. The molecule has 9 heteroatoms. The molecule has 158 valence electrons. The Labute approximate surface area is 174 Å². The van der Waals surface area contributed by atoms with Crippen LogP contribution in [0.5, 0.6) is 0 Å². The number of sulfonamides is 1. The lowest BCUT2D eigenvalue weighted by atomic mass is 10.1. The van der Waals surface area contributed by atoms with Crippen LogP contribution in [0.2, 0.25) is 0 Å². The number of halogens is 1. The highest BCUT2D eigenvalue weighted by molar-refractivity contribution is 7.88. The number of carbonyl (C=O) groups excluding carboxylic acids is 1. The van der Waals surface area contributed by atoms with E-state index in [-0.39, 0.29) is 23.2 Å². The van der Waals surface area contributed by atoms with Gasteiger partial charge in [0, 0.05) is 23.9 Å². The van der Waals surface area contributed by atoms with Crippen LogP contribution < -0.4 is 10.0 Å². The quantitative estimate of drug-likeness (QED) is 0.565. The fraction of sp³-hybridized carbons (Fsp3) is 0.238. The topological polar surface area (TPSA) is 101 Å². The molecule has 0 bridgehead atoms. The van der Waals surface area contributed by atoms with Gasteiger partial charge in [-0.3, -0.25) is 4.79 Å². The maximum absolute atomic E-state index is 13.0. The van der Waals surface area contributed by atoms with E-state index in [1.807, 2.05) is 13.8 Å².